The van der Waals surface area contributed by atoms with E-state index in [9.17, 15) is 9.59 Å². The summed E-state index contributed by atoms with van der Waals surface area (Å²) in [5.41, 5.74) is 0.802. The van der Waals surface area contributed by atoms with Crippen LogP contribution in [0.4, 0.5) is 0 Å². The summed E-state index contributed by atoms with van der Waals surface area (Å²) in [6.07, 6.45) is 13.5. The molecule has 6 heteroatoms. The Hall–Kier alpha value is -2.18. The second-order valence-electron chi connectivity index (χ2n) is 12.2. The van der Waals surface area contributed by atoms with Crippen LogP contribution in [0, 0.1) is 5.41 Å². The average Bonchev–Trinajstić information content (AvgIpc) is 3.16. The summed E-state index contributed by atoms with van der Waals surface area (Å²) in [6.45, 7) is 14.0. The van der Waals surface area contributed by atoms with Crippen molar-refractivity contribution in [3.8, 4) is 5.75 Å². The van der Waals surface area contributed by atoms with Crippen molar-refractivity contribution in [3.05, 3.63) is 54.1 Å². The number of ketones is 1. The number of carbonyl (C=O) groups is 2. The molecule has 38 heavy (non-hydrogen) atoms. The maximum absolute atomic E-state index is 13.3. The predicted octanol–water partition coefficient (Wildman–Crippen LogP) is 8.51. The third-order valence-corrected chi connectivity index (χ3v) is 12.8. The van der Waals surface area contributed by atoms with Crippen LogP contribution in [0.25, 0.3) is 0 Å². The van der Waals surface area contributed by atoms with Crippen LogP contribution in [-0.2, 0) is 14.0 Å². The van der Waals surface area contributed by atoms with Gasteiger partial charge in [-0.1, -0.05) is 82.5 Å². The summed E-state index contributed by atoms with van der Waals surface area (Å²) in [6, 6.07) is 9.88. The first-order valence-electron chi connectivity index (χ1n) is 14.4. The summed E-state index contributed by atoms with van der Waals surface area (Å²) in [5.74, 6) is 0.398. The molecular weight excluding hydrogens is 492 g/mol. The highest BCUT2D eigenvalue weighted by Crippen LogP contribution is 2.46. The third kappa shape index (κ3) is 9.53. The molecule has 1 aromatic carbocycles. The van der Waals surface area contributed by atoms with Crippen LogP contribution < -0.4 is 4.74 Å². The average molecular weight is 543 g/mol. The van der Waals surface area contributed by atoms with Gasteiger partial charge in [0, 0.05) is 12.8 Å². The van der Waals surface area contributed by atoms with Crippen LogP contribution in [0.3, 0.4) is 0 Å². The molecule has 1 aromatic rings. The van der Waals surface area contributed by atoms with Gasteiger partial charge in [0.25, 0.3) is 0 Å². The van der Waals surface area contributed by atoms with Crippen molar-refractivity contribution in [2.24, 2.45) is 5.41 Å². The number of carbonyl (C=O) groups excluding carboxylic acids is 1. The van der Waals surface area contributed by atoms with Gasteiger partial charge in [0.15, 0.2) is 8.32 Å². The third-order valence-electron chi connectivity index (χ3n) is 8.22. The Kier molecular flexibility index (Phi) is 12.5. The number of aliphatic carboxylic acids is 1. The molecule has 5 nitrogen and oxygen atoms in total. The van der Waals surface area contributed by atoms with Gasteiger partial charge in [-0.2, -0.15) is 0 Å². The summed E-state index contributed by atoms with van der Waals surface area (Å²) in [4.78, 5) is 24.1. The number of carboxylic acids is 1. The van der Waals surface area contributed by atoms with Gasteiger partial charge in [-0.15, -0.1) is 0 Å². The Balaban J connectivity index is 2.16. The van der Waals surface area contributed by atoms with E-state index in [2.05, 4.69) is 59.0 Å². The number of unbranched alkanes of at least 4 members (excludes halogenated alkanes) is 2. The number of para-hydroxylation sites is 1. The molecule has 0 radical (unpaired) electrons. The lowest BCUT2D eigenvalue weighted by Gasteiger charge is -2.39. The summed E-state index contributed by atoms with van der Waals surface area (Å²) >= 11 is 0. The minimum Gasteiger partial charge on any atom is -0.491 e. The number of carboxylic acid groups (broad SMARTS) is 1. The number of hydrogen-bond donors (Lipinski definition) is 1. The lowest BCUT2D eigenvalue weighted by atomic mass is 9.71. The summed E-state index contributed by atoms with van der Waals surface area (Å²) in [5, 5.41) is 8.97. The van der Waals surface area contributed by atoms with Crippen LogP contribution in [0.1, 0.15) is 91.9 Å². The first-order valence-corrected chi connectivity index (χ1v) is 17.3. The molecule has 1 N–H and O–H groups in total. The molecule has 0 aliphatic heterocycles. The largest absolute Gasteiger partial charge is 0.491 e. The van der Waals surface area contributed by atoms with Crippen LogP contribution in [0.2, 0.25) is 18.1 Å². The molecule has 2 atom stereocenters. The van der Waals surface area contributed by atoms with Gasteiger partial charge in [0.2, 0.25) is 0 Å². The van der Waals surface area contributed by atoms with E-state index in [0.717, 1.165) is 44.3 Å². The molecule has 0 saturated heterocycles. The van der Waals surface area contributed by atoms with Crippen molar-refractivity contribution < 1.29 is 23.9 Å². The Morgan fingerprint density at radius 1 is 1.16 bits per heavy atom. The number of rotatable bonds is 17. The van der Waals surface area contributed by atoms with E-state index >= 15 is 0 Å². The highest BCUT2D eigenvalue weighted by atomic mass is 28.4. The van der Waals surface area contributed by atoms with Gasteiger partial charge < -0.3 is 14.3 Å². The van der Waals surface area contributed by atoms with E-state index in [1.165, 1.54) is 5.57 Å². The van der Waals surface area contributed by atoms with Gasteiger partial charge >= 0.3 is 5.97 Å². The van der Waals surface area contributed by atoms with E-state index in [0.29, 0.717) is 31.7 Å². The Morgan fingerprint density at radius 3 is 2.50 bits per heavy atom. The first-order chi connectivity index (χ1) is 17.9. The van der Waals surface area contributed by atoms with Crippen molar-refractivity contribution in [2.45, 2.75) is 116 Å². The molecule has 0 spiro atoms. The zero-order valence-electron chi connectivity index (χ0n) is 24.6. The van der Waals surface area contributed by atoms with E-state index < -0.39 is 19.7 Å². The van der Waals surface area contributed by atoms with Crippen LogP contribution >= 0.6 is 0 Å². The van der Waals surface area contributed by atoms with E-state index in [-0.39, 0.29) is 17.6 Å². The molecule has 1 unspecified atom stereocenters. The van der Waals surface area contributed by atoms with E-state index in [1.807, 2.05) is 30.3 Å². The quantitative estimate of drug-likeness (QED) is 0.121. The SMILES string of the molecule is CCCC[C@]1(C/C=C\CCCC(=O)O)C(=O)CC=C1CCC(COc1ccccc1)O[Si](C)(C)C(C)(C)C. The second kappa shape index (κ2) is 14.8. The molecule has 0 bridgehead atoms. The Bertz CT molecular complexity index is 944. The van der Waals surface area contributed by atoms with Crippen LogP contribution in [0.5, 0.6) is 5.75 Å². The monoisotopic (exact) mass is 542 g/mol. The fourth-order valence-electron chi connectivity index (χ4n) is 4.82. The number of benzene rings is 1. The maximum Gasteiger partial charge on any atom is 0.303 e. The second-order valence-corrected chi connectivity index (χ2v) is 16.9. The van der Waals surface area contributed by atoms with Gasteiger partial charge in [-0.05, 0) is 68.8 Å². The van der Waals surface area contributed by atoms with Crippen molar-refractivity contribution in [2.75, 3.05) is 6.61 Å². The van der Waals surface area contributed by atoms with Gasteiger partial charge in [0.05, 0.1) is 11.5 Å². The molecule has 2 rings (SSSR count). The Labute approximate surface area is 231 Å². The molecule has 0 aromatic heterocycles. The molecular formula is C32H50O5Si. The zero-order chi connectivity index (χ0) is 28.2. The predicted molar refractivity (Wildman–Crippen MR) is 158 cm³/mol. The molecule has 0 fully saturated rings. The maximum atomic E-state index is 13.3. The highest BCUT2D eigenvalue weighted by Gasteiger charge is 2.43. The highest BCUT2D eigenvalue weighted by molar-refractivity contribution is 6.74. The fraction of sp³-hybridized carbons (Fsp3) is 0.625. The fourth-order valence-corrected chi connectivity index (χ4v) is 6.19. The minimum atomic E-state index is -2.01. The van der Waals surface area contributed by atoms with Crippen molar-refractivity contribution in [1.29, 1.82) is 0 Å². The summed E-state index contributed by atoms with van der Waals surface area (Å²) < 4.78 is 13.0. The first kappa shape index (κ1) is 32.0. The molecule has 1 aliphatic carbocycles. The van der Waals surface area contributed by atoms with Crippen LogP contribution in [0.15, 0.2) is 54.1 Å². The number of ether oxygens (including phenoxy) is 1. The molecule has 0 amide bonds. The minimum absolute atomic E-state index is 0.0527. The number of hydrogen-bond acceptors (Lipinski definition) is 4. The normalized spacial score (nSPS) is 19.1. The van der Waals surface area contributed by atoms with Gasteiger partial charge in [-0.25, -0.2) is 0 Å². The van der Waals surface area contributed by atoms with Gasteiger partial charge in [0.1, 0.15) is 18.1 Å². The molecule has 1 aliphatic rings. The number of Topliss-reactive ketones (excluding diaryl/α,β-unsaturated/α-hetero) is 1. The van der Waals surface area contributed by atoms with Crippen molar-refractivity contribution >= 4 is 20.1 Å². The standard InChI is InChI=1S/C32H50O5Si/c1-7-8-23-32(24-15-10-9-14-18-30(34)35)26(20-22-29(32)33)19-21-28(37-38(5,6)31(2,3)4)25-36-27-16-12-11-13-17-27/h10-13,15-17,20,28H,7-9,14,18-19,21-25H2,1-6H3,(H,34,35)/b15-10-/t28?,32-/m1/s1. The smallest absolute Gasteiger partial charge is 0.303 e. The van der Waals surface area contributed by atoms with Crippen LogP contribution in [-0.4, -0.2) is 37.9 Å². The van der Waals surface area contributed by atoms with E-state index in [1.54, 1.807) is 0 Å². The van der Waals surface area contributed by atoms with Crippen molar-refractivity contribution in [3.63, 3.8) is 0 Å². The topological polar surface area (TPSA) is 72.8 Å². The summed E-state index contributed by atoms with van der Waals surface area (Å²) in [7, 11) is -2.01. The molecule has 0 heterocycles. The van der Waals surface area contributed by atoms with E-state index in [4.69, 9.17) is 14.3 Å². The zero-order valence-corrected chi connectivity index (χ0v) is 25.6. The lowest BCUT2D eigenvalue weighted by Crippen LogP contribution is -2.45. The lowest BCUT2D eigenvalue weighted by molar-refractivity contribution is -0.137. The molecule has 0 saturated carbocycles. The van der Waals surface area contributed by atoms with Crippen molar-refractivity contribution in [1.82, 2.24) is 0 Å². The molecule has 212 valence electrons. The number of allylic oxidation sites excluding steroid dienone is 4. The van der Waals surface area contributed by atoms with Gasteiger partial charge in [-0.3, -0.25) is 9.59 Å². The Morgan fingerprint density at radius 2 is 1.87 bits per heavy atom.